The molecule has 0 aromatic heterocycles. The fourth-order valence-corrected chi connectivity index (χ4v) is 2.20. The third-order valence-corrected chi connectivity index (χ3v) is 3.78. The van der Waals surface area contributed by atoms with Crippen LogP contribution in [0.4, 0.5) is 0 Å². The molecular formula is C17H37NO4. The van der Waals surface area contributed by atoms with E-state index in [1.807, 2.05) is 0 Å². The van der Waals surface area contributed by atoms with E-state index in [-0.39, 0.29) is 11.2 Å². The Hall–Kier alpha value is -0.200. The number of unbranched alkanes of at least 4 members (excludes halogenated alkanes) is 2. The number of rotatable bonds is 14. The number of ether oxygens (including phenoxy) is 2. The molecule has 0 bridgehead atoms. The van der Waals surface area contributed by atoms with Gasteiger partial charge in [-0.25, -0.2) is 0 Å². The molecule has 0 fully saturated rings. The molecule has 0 amide bonds. The van der Waals surface area contributed by atoms with Crippen LogP contribution in [0.2, 0.25) is 0 Å². The van der Waals surface area contributed by atoms with Gasteiger partial charge < -0.3 is 25.4 Å². The Morgan fingerprint density at radius 1 is 0.818 bits per heavy atom. The molecule has 0 aliphatic carbocycles. The number of hydrogen-bond acceptors (Lipinski definition) is 5. The van der Waals surface area contributed by atoms with E-state index in [0.717, 1.165) is 38.5 Å². The first-order valence-corrected chi connectivity index (χ1v) is 8.53. The molecule has 4 N–H and O–H groups in total. The molecule has 0 aliphatic heterocycles. The quantitative estimate of drug-likeness (QED) is 0.338. The lowest BCUT2D eigenvalue weighted by Gasteiger charge is -2.30. The maximum atomic E-state index is 8.79. The summed E-state index contributed by atoms with van der Waals surface area (Å²) in [5.74, 6) is 0. The summed E-state index contributed by atoms with van der Waals surface area (Å²) in [4.78, 5) is 0. The van der Waals surface area contributed by atoms with Gasteiger partial charge in [0.1, 0.15) is 0 Å². The van der Waals surface area contributed by atoms with Crippen LogP contribution in [0.1, 0.15) is 72.6 Å². The smallest absolute Gasteiger partial charge is 0.151 e. The molecule has 0 aromatic carbocycles. The van der Waals surface area contributed by atoms with Crippen LogP contribution in [0.3, 0.4) is 0 Å². The van der Waals surface area contributed by atoms with Gasteiger partial charge in [-0.1, -0.05) is 12.8 Å². The molecule has 5 nitrogen and oxygen atoms in total. The normalized spacial score (nSPS) is 13.1. The summed E-state index contributed by atoms with van der Waals surface area (Å²) in [5, 5.41) is 17.6. The Bertz CT molecular complexity index is 267. The zero-order valence-electron chi connectivity index (χ0n) is 14.9. The molecule has 0 saturated carbocycles. The number of hydrogen-bond donors (Lipinski definition) is 3. The van der Waals surface area contributed by atoms with Crippen LogP contribution in [0, 0.1) is 0 Å². The molecule has 5 heteroatoms. The van der Waals surface area contributed by atoms with Crippen LogP contribution in [0.5, 0.6) is 0 Å². The summed E-state index contributed by atoms with van der Waals surface area (Å²) in [6.45, 7) is 10.4. The molecule has 0 spiro atoms. The van der Waals surface area contributed by atoms with Crippen molar-refractivity contribution in [3.63, 3.8) is 0 Å². The fraction of sp³-hybridized carbons (Fsp3) is 1.00. The predicted molar refractivity (Wildman–Crippen MR) is 89.7 cm³/mol. The summed E-state index contributed by atoms with van der Waals surface area (Å²) in [6, 6.07) is 0. The second-order valence-electron chi connectivity index (χ2n) is 7.19. The second kappa shape index (κ2) is 11.4. The molecule has 22 heavy (non-hydrogen) atoms. The number of aliphatic hydroxyl groups is 2. The highest BCUT2D eigenvalue weighted by molar-refractivity contribution is 4.72. The molecule has 134 valence electrons. The first-order valence-electron chi connectivity index (χ1n) is 8.53. The summed E-state index contributed by atoms with van der Waals surface area (Å²) in [5.41, 5.74) is 5.14. The van der Waals surface area contributed by atoms with Crippen molar-refractivity contribution in [1.29, 1.82) is 0 Å². The van der Waals surface area contributed by atoms with Gasteiger partial charge in [-0.2, -0.15) is 0 Å². The van der Waals surface area contributed by atoms with Crippen LogP contribution >= 0.6 is 0 Å². The van der Waals surface area contributed by atoms with Crippen LogP contribution in [0.25, 0.3) is 0 Å². The SMILES string of the molecule is CC(C)(CCCCCC(O)O)OCCC(C)(C)OCCCN. The van der Waals surface area contributed by atoms with Crippen molar-refractivity contribution in [2.75, 3.05) is 19.8 Å². The van der Waals surface area contributed by atoms with Crippen molar-refractivity contribution < 1.29 is 19.7 Å². The van der Waals surface area contributed by atoms with Gasteiger partial charge >= 0.3 is 0 Å². The zero-order chi connectivity index (χ0) is 17.1. The minimum Gasteiger partial charge on any atom is -0.375 e. The molecule has 0 aliphatic rings. The highest BCUT2D eigenvalue weighted by Gasteiger charge is 2.22. The molecule has 0 atom stereocenters. The third-order valence-electron chi connectivity index (χ3n) is 3.78. The van der Waals surface area contributed by atoms with Crippen molar-refractivity contribution in [2.45, 2.75) is 90.1 Å². The van der Waals surface area contributed by atoms with Gasteiger partial charge in [0.15, 0.2) is 6.29 Å². The molecule has 0 rings (SSSR count). The highest BCUT2D eigenvalue weighted by atomic mass is 16.5. The molecule has 0 aromatic rings. The standard InChI is InChI=1S/C17H37NO4/c1-16(2,10-7-5-6-9-15(19)20)22-14-11-17(3,4)21-13-8-12-18/h15,19-20H,5-14,18H2,1-4H3. The Kier molecular flexibility index (Phi) is 11.3. The summed E-state index contributed by atoms with van der Waals surface area (Å²) < 4.78 is 11.8. The number of aliphatic hydroxyl groups excluding tert-OH is 1. The van der Waals surface area contributed by atoms with Gasteiger partial charge in [-0.3, -0.25) is 0 Å². The predicted octanol–water partition coefficient (Wildman–Crippen LogP) is 2.58. The highest BCUT2D eigenvalue weighted by Crippen LogP contribution is 2.22. The van der Waals surface area contributed by atoms with E-state index < -0.39 is 6.29 Å². The molecular weight excluding hydrogens is 282 g/mol. The maximum Gasteiger partial charge on any atom is 0.151 e. The van der Waals surface area contributed by atoms with E-state index in [1.54, 1.807) is 0 Å². The molecule has 0 unspecified atom stereocenters. The number of nitrogens with two attached hydrogens (primary N) is 1. The first kappa shape index (κ1) is 21.8. The second-order valence-corrected chi connectivity index (χ2v) is 7.19. The van der Waals surface area contributed by atoms with Gasteiger partial charge in [0.25, 0.3) is 0 Å². The topological polar surface area (TPSA) is 84.9 Å². The van der Waals surface area contributed by atoms with Crippen LogP contribution < -0.4 is 5.73 Å². The van der Waals surface area contributed by atoms with E-state index in [0.29, 0.717) is 26.2 Å². The van der Waals surface area contributed by atoms with Crippen molar-refractivity contribution in [3.8, 4) is 0 Å². The average Bonchev–Trinajstić information content (AvgIpc) is 2.37. The van der Waals surface area contributed by atoms with E-state index in [2.05, 4.69) is 27.7 Å². The largest absolute Gasteiger partial charge is 0.375 e. The van der Waals surface area contributed by atoms with Crippen molar-refractivity contribution >= 4 is 0 Å². The minimum atomic E-state index is -1.18. The third kappa shape index (κ3) is 13.5. The first-order chi connectivity index (χ1) is 10.2. The van der Waals surface area contributed by atoms with Gasteiger partial charge in [0.2, 0.25) is 0 Å². The lowest BCUT2D eigenvalue weighted by molar-refractivity contribution is -0.0751. The monoisotopic (exact) mass is 319 g/mol. The van der Waals surface area contributed by atoms with Gasteiger partial charge in [0.05, 0.1) is 17.8 Å². The Morgan fingerprint density at radius 3 is 2.00 bits per heavy atom. The summed E-state index contributed by atoms with van der Waals surface area (Å²) >= 11 is 0. The molecule has 0 heterocycles. The van der Waals surface area contributed by atoms with Gasteiger partial charge in [-0.15, -0.1) is 0 Å². The van der Waals surface area contributed by atoms with E-state index in [4.69, 9.17) is 25.4 Å². The van der Waals surface area contributed by atoms with E-state index >= 15 is 0 Å². The van der Waals surface area contributed by atoms with E-state index in [1.165, 1.54) is 0 Å². The van der Waals surface area contributed by atoms with Crippen molar-refractivity contribution in [1.82, 2.24) is 0 Å². The van der Waals surface area contributed by atoms with Crippen molar-refractivity contribution in [3.05, 3.63) is 0 Å². The van der Waals surface area contributed by atoms with Gasteiger partial charge in [-0.05, 0) is 66.3 Å². The van der Waals surface area contributed by atoms with Crippen LogP contribution in [-0.4, -0.2) is 47.5 Å². The molecule has 0 radical (unpaired) electrons. The Balaban J connectivity index is 3.77. The summed E-state index contributed by atoms with van der Waals surface area (Å²) in [6.07, 6.45) is 4.88. The van der Waals surface area contributed by atoms with Crippen molar-refractivity contribution in [2.24, 2.45) is 5.73 Å². The fourth-order valence-electron chi connectivity index (χ4n) is 2.20. The van der Waals surface area contributed by atoms with Gasteiger partial charge in [0, 0.05) is 6.61 Å². The lowest BCUT2D eigenvalue weighted by Crippen LogP contribution is -2.31. The van der Waals surface area contributed by atoms with E-state index in [9.17, 15) is 0 Å². The van der Waals surface area contributed by atoms with Crippen LogP contribution in [0.15, 0.2) is 0 Å². The Morgan fingerprint density at radius 2 is 1.41 bits per heavy atom. The average molecular weight is 319 g/mol. The molecule has 0 saturated heterocycles. The van der Waals surface area contributed by atoms with Crippen LogP contribution in [-0.2, 0) is 9.47 Å². The summed E-state index contributed by atoms with van der Waals surface area (Å²) in [7, 11) is 0. The zero-order valence-corrected chi connectivity index (χ0v) is 14.9. The minimum absolute atomic E-state index is 0.148. The lowest BCUT2D eigenvalue weighted by atomic mass is 9.99. The Labute approximate surface area is 136 Å². The maximum absolute atomic E-state index is 8.79.